The van der Waals surface area contributed by atoms with Gasteiger partial charge in [-0.2, -0.15) is 13.2 Å². The Bertz CT molecular complexity index is 875. The molecule has 0 bridgehead atoms. The van der Waals surface area contributed by atoms with Crippen LogP contribution in [-0.4, -0.2) is 25.7 Å². The zero-order valence-electron chi connectivity index (χ0n) is 12.3. The van der Waals surface area contributed by atoms with Gasteiger partial charge < -0.3 is 5.11 Å². The number of halogens is 3. The molecule has 0 aliphatic rings. The Kier molecular flexibility index (Phi) is 4.57. The first-order chi connectivity index (χ1) is 11.0. The van der Waals surface area contributed by atoms with Crippen molar-refractivity contribution in [3.63, 3.8) is 0 Å². The Labute approximate surface area is 135 Å². The SMILES string of the molecule is CS(=O)(=O)Nc1ccc(-c2ccc(C(F)(F)F)cc2)cc1C(=O)O. The number of rotatable bonds is 4. The van der Waals surface area contributed by atoms with Crippen molar-refractivity contribution in [2.24, 2.45) is 0 Å². The Hall–Kier alpha value is -2.55. The number of carboxylic acids is 1. The molecular formula is C15H12F3NO4S. The molecule has 0 aliphatic heterocycles. The highest BCUT2D eigenvalue weighted by molar-refractivity contribution is 7.92. The number of carboxylic acid groups (broad SMARTS) is 1. The van der Waals surface area contributed by atoms with Gasteiger partial charge in [0.1, 0.15) is 0 Å². The smallest absolute Gasteiger partial charge is 0.416 e. The lowest BCUT2D eigenvalue weighted by Crippen LogP contribution is -2.13. The van der Waals surface area contributed by atoms with E-state index in [2.05, 4.69) is 4.72 Å². The molecule has 0 amide bonds. The van der Waals surface area contributed by atoms with Crippen LogP contribution in [0.15, 0.2) is 42.5 Å². The molecule has 0 aliphatic carbocycles. The summed E-state index contributed by atoms with van der Waals surface area (Å²) in [5, 5.41) is 9.20. The van der Waals surface area contributed by atoms with Crippen molar-refractivity contribution in [1.29, 1.82) is 0 Å². The molecule has 0 atom stereocenters. The van der Waals surface area contributed by atoms with E-state index in [9.17, 15) is 31.5 Å². The topological polar surface area (TPSA) is 83.5 Å². The summed E-state index contributed by atoms with van der Waals surface area (Å²) >= 11 is 0. The molecule has 0 unspecified atom stereocenters. The summed E-state index contributed by atoms with van der Waals surface area (Å²) in [5.74, 6) is -1.37. The third kappa shape index (κ3) is 4.25. The highest BCUT2D eigenvalue weighted by Gasteiger charge is 2.30. The summed E-state index contributed by atoms with van der Waals surface area (Å²) in [5.41, 5.74) is -0.532. The predicted octanol–water partition coefficient (Wildman–Crippen LogP) is 3.44. The van der Waals surface area contributed by atoms with E-state index in [1.807, 2.05) is 0 Å². The number of benzene rings is 2. The second-order valence-electron chi connectivity index (χ2n) is 5.01. The van der Waals surface area contributed by atoms with Crippen molar-refractivity contribution >= 4 is 21.7 Å². The van der Waals surface area contributed by atoms with Crippen molar-refractivity contribution in [1.82, 2.24) is 0 Å². The minimum Gasteiger partial charge on any atom is -0.478 e. The number of alkyl halides is 3. The molecule has 0 spiro atoms. The molecule has 0 radical (unpaired) electrons. The van der Waals surface area contributed by atoms with Gasteiger partial charge in [-0.25, -0.2) is 13.2 Å². The molecule has 24 heavy (non-hydrogen) atoms. The number of anilines is 1. The molecule has 2 aromatic carbocycles. The maximum Gasteiger partial charge on any atom is 0.416 e. The van der Waals surface area contributed by atoms with Gasteiger partial charge in [-0.05, 0) is 35.4 Å². The van der Waals surface area contributed by atoms with Crippen molar-refractivity contribution in [3.8, 4) is 11.1 Å². The van der Waals surface area contributed by atoms with E-state index in [4.69, 9.17) is 0 Å². The highest BCUT2D eigenvalue weighted by atomic mass is 32.2. The van der Waals surface area contributed by atoms with Gasteiger partial charge in [0.2, 0.25) is 10.0 Å². The molecular weight excluding hydrogens is 347 g/mol. The van der Waals surface area contributed by atoms with Gasteiger partial charge in [0.15, 0.2) is 0 Å². The third-order valence-electron chi connectivity index (χ3n) is 3.09. The van der Waals surface area contributed by atoms with E-state index in [1.165, 1.54) is 30.3 Å². The third-order valence-corrected chi connectivity index (χ3v) is 3.68. The fourth-order valence-electron chi connectivity index (χ4n) is 2.04. The van der Waals surface area contributed by atoms with E-state index in [1.54, 1.807) is 0 Å². The lowest BCUT2D eigenvalue weighted by atomic mass is 10.0. The molecule has 0 heterocycles. The van der Waals surface area contributed by atoms with Crippen LogP contribution in [0.4, 0.5) is 18.9 Å². The van der Waals surface area contributed by atoms with E-state index in [-0.39, 0.29) is 11.3 Å². The number of hydrogen-bond acceptors (Lipinski definition) is 3. The predicted molar refractivity (Wildman–Crippen MR) is 82.3 cm³/mol. The van der Waals surface area contributed by atoms with Crippen LogP contribution in [0.3, 0.4) is 0 Å². The van der Waals surface area contributed by atoms with Crippen LogP contribution in [0, 0.1) is 0 Å². The first kappa shape index (κ1) is 17.8. The Morgan fingerprint density at radius 2 is 1.58 bits per heavy atom. The van der Waals surface area contributed by atoms with Gasteiger partial charge in [-0.3, -0.25) is 4.72 Å². The van der Waals surface area contributed by atoms with Crippen LogP contribution in [0.5, 0.6) is 0 Å². The summed E-state index contributed by atoms with van der Waals surface area (Å²) in [7, 11) is -3.67. The monoisotopic (exact) mass is 359 g/mol. The van der Waals surface area contributed by atoms with Gasteiger partial charge in [-0.1, -0.05) is 18.2 Å². The standard InChI is InChI=1S/C15H12F3NO4S/c1-24(22,23)19-13-7-4-10(8-12(13)14(20)21)9-2-5-11(6-3-9)15(16,17)18/h2-8,19H,1H3,(H,20,21). The van der Waals surface area contributed by atoms with E-state index in [0.29, 0.717) is 11.1 Å². The van der Waals surface area contributed by atoms with Crippen LogP contribution in [0.1, 0.15) is 15.9 Å². The molecule has 2 rings (SSSR count). The summed E-state index contributed by atoms with van der Waals surface area (Å²) in [6.45, 7) is 0. The number of hydrogen-bond donors (Lipinski definition) is 2. The Morgan fingerprint density at radius 3 is 2.04 bits per heavy atom. The Balaban J connectivity index is 2.45. The average Bonchev–Trinajstić information content (AvgIpc) is 2.45. The summed E-state index contributed by atoms with van der Waals surface area (Å²) < 4.78 is 62.3. The molecule has 9 heteroatoms. The first-order valence-electron chi connectivity index (χ1n) is 6.50. The van der Waals surface area contributed by atoms with Gasteiger partial charge in [0.25, 0.3) is 0 Å². The maximum atomic E-state index is 12.6. The first-order valence-corrected chi connectivity index (χ1v) is 8.39. The Morgan fingerprint density at radius 1 is 1.04 bits per heavy atom. The molecule has 0 saturated heterocycles. The molecule has 128 valence electrons. The van der Waals surface area contributed by atoms with Gasteiger partial charge in [0.05, 0.1) is 23.1 Å². The van der Waals surface area contributed by atoms with Gasteiger partial charge >= 0.3 is 12.1 Å². The average molecular weight is 359 g/mol. The molecule has 2 N–H and O–H groups in total. The van der Waals surface area contributed by atoms with E-state index in [0.717, 1.165) is 18.4 Å². The minimum absolute atomic E-state index is 0.124. The van der Waals surface area contributed by atoms with Crippen molar-refractivity contribution < 1.29 is 31.5 Å². The van der Waals surface area contributed by atoms with Crippen molar-refractivity contribution in [3.05, 3.63) is 53.6 Å². The molecule has 5 nitrogen and oxygen atoms in total. The maximum absolute atomic E-state index is 12.6. The zero-order chi connectivity index (χ0) is 18.1. The van der Waals surface area contributed by atoms with Crippen LogP contribution >= 0.6 is 0 Å². The minimum atomic E-state index is -4.46. The number of nitrogens with one attached hydrogen (secondary N) is 1. The zero-order valence-corrected chi connectivity index (χ0v) is 13.1. The van der Waals surface area contributed by atoms with Crippen molar-refractivity contribution in [2.45, 2.75) is 6.18 Å². The largest absolute Gasteiger partial charge is 0.478 e. The second-order valence-corrected chi connectivity index (χ2v) is 6.76. The quantitative estimate of drug-likeness (QED) is 0.876. The lowest BCUT2D eigenvalue weighted by molar-refractivity contribution is -0.137. The molecule has 2 aromatic rings. The van der Waals surface area contributed by atoms with Crippen LogP contribution in [-0.2, 0) is 16.2 Å². The normalized spacial score (nSPS) is 12.0. The highest BCUT2D eigenvalue weighted by Crippen LogP contribution is 2.32. The fourth-order valence-corrected chi connectivity index (χ4v) is 2.62. The number of sulfonamides is 1. The number of carbonyl (C=O) groups is 1. The van der Waals surface area contributed by atoms with E-state index >= 15 is 0 Å². The second kappa shape index (κ2) is 6.16. The molecule has 0 fully saturated rings. The van der Waals surface area contributed by atoms with Crippen LogP contribution in [0.25, 0.3) is 11.1 Å². The van der Waals surface area contributed by atoms with E-state index < -0.39 is 27.7 Å². The summed E-state index contributed by atoms with van der Waals surface area (Å²) in [6, 6.07) is 8.07. The summed E-state index contributed by atoms with van der Waals surface area (Å²) in [6.07, 6.45) is -3.59. The van der Waals surface area contributed by atoms with Crippen molar-refractivity contribution in [2.75, 3.05) is 11.0 Å². The number of aromatic carboxylic acids is 1. The van der Waals surface area contributed by atoms with Crippen LogP contribution < -0.4 is 4.72 Å². The fraction of sp³-hybridized carbons (Fsp3) is 0.133. The van der Waals surface area contributed by atoms with Gasteiger partial charge in [-0.15, -0.1) is 0 Å². The van der Waals surface area contributed by atoms with Crippen LogP contribution in [0.2, 0.25) is 0 Å². The molecule has 0 aromatic heterocycles. The van der Waals surface area contributed by atoms with Gasteiger partial charge in [0, 0.05) is 0 Å². The lowest BCUT2D eigenvalue weighted by Gasteiger charge is -2.11. The molecule has 0 saturated carbocycles. The summed E-state index contributed by atoms with van der Waals surface area (Å²) in [4.78, 5) is 11.3.